The molecule has 2 amide bonds. The molecule has 0 aliphatic carbocycles. The number of anilines is 2. The van der Waals surface area contributed by atoms with Gasteiger partial charge >= 0.3 is 0 Å². The Kier molecular flexibility index (Phi) is 4.76. The molecule has 152 valence electrons. The number of rotatable bonds is 4. The highest BCUT2D eigenvalue weighted by Gasteiger charge is 2.58. The number of carbonyl (C=O) groups is 2. The molecule has 1 aromatic heterocycles. The lowest BCUT2D eigenvalue weighted by atomic mass is 9.73. The Morgan fingerprint density at radius 1 is 1.34 bits per heavy atom. The van der Waals surface area contributed by atoms with Crippen molar-refractivity contribution in [3.63, 3.8) is 0 Å². The summed E-state index contributed by atoms with van der Waals surface area (Å²) in [5.74, 6) is 0.0335. The molecule has 2 aliphatic heterocycles. The minimum absolute atomic E-state index is 0.0162. The number of amides is 2. The number of nitrogens with one attached hydrogen (secondary N) is 1. The molecule has 0 unspecified atom stereocenters. The number of nitrogens with two attached hydrogens (primary N) is 1. The third-order valence-electron chi connectivity index (χ3n) is 6.15. The van der Waals surface area contributed by atoms with Crippen LogP contribution in [0.1, 0.15) is 67.7 Å². The van der Waals surface area contributed by atoms with Gasteiger partial charge in [-0.1, -0.05) is 45.4 Å². The third-order valence-corrected chi connectivity index (χ3v) is 6.15. The van der Waals surface area contributed by atoms with E-state index < -0.39 is 5.41 Å². The van der Waals surface area contributed by atoms with Gasteiger partial charge in [0.25, 0.3) is 5.91 Å². The summed E-state index contributed by atoms with van der Waals surface area (Å²) in [6, 6.07) is 9.30. The number of aromatic nitrogens is 2. The number of carbonyl (C=O) groups excluding carboxylic acids is 2. The van der Waals surface area contributed by atoms with E-state index in [4.69, 9.17) is 5.73 Å². The quantitative estimate of drug-likeness (QED) is 0.831. The van der Waals surface area contributed by atoms with E-state index in [1.807, 2.05) is 43.0 Å². The van der Waals surface area contributed by atoms with Crippen LogP contribution in [0, 0.1) is 0 Å². The van der Waals surface area contributed by atoms with Crippen molar-refractivity contribution in [1.29, 1.82) is 0 Å². The summed E-state index contributed by atoms with van der Waals surface area (Å²) in [6.07, 6.45) is 2.21. The summed E-state index contributed by atoms with van der Waals surface area (Å²) < 4.78 is 0. The molecule has 0 radical (unpaired) electrons. The highest BCUT2D eigenvalue weighted by molar-refractivity contribution is 6.08. The van der Waals surface area contributed by atoms with E-state index in [-0.39, 0.29) is 29.7 Å². The van der Waals surface area contributed by atoms with Crippen LogP contribution in [0.15, 0.2) is 30.3 Å². The zero-order valence-electron chi connectivity index (χ0n) is 17.1. The number of hydrogen-bond donors (Lipinski definition) is 2. The second-order valence-electron chi connectivity index (χ2n) is 8.22. The Morgan fingerprint density at radius 2 is 2.10 bits per heavy atom. The monoisotopic (exact) mass is 393 g/mol. The first kappa shape index (κ1) is 19.4. The summed E-state index contributed by atoms with van der Waals surface area (Å²) in [5, 5.41) is 3.03. The average molecular weight is 393 g/mol. The van der Waals surface area contributed by atoms with Crippen LogP contribution in [0.3, 0.4) is 0 Å². The van der Waals surface area contributed by atoms with Gasteiger partial charge in [0.15, 0.2) is 0 Å². The molecular formula is C22H27N5O2. The van der Waals surface area contributed by atoms with Gasteiger partial charge in [0.05, 0.1) is 11.5 Å². The van der Waals surface area contributed by atoms with Crippen LogP contribution in [0.5, 0.6) is 0 Å². The van der Waals surface area contributed by atoms with Gasteiger partial charge < -0.3 is 16.0 Å². The maximum Gasteiger partial charge on any atom is 0.272 e. The molecule has 3 heterocycles. The third kappa shape index (κ3) is 2.96. The van der Waals surface area contributed by atoms with Crippen LogP contribution < -0.4 is 11.1 Å². The Bertz CT molecular complexity index is 973. The first-order valence-electron chi connectivity index (χ1n) is 10.2. The second-order valence-corrected chi connectivity index (χ2v) is 8.22. The second kappa shape index (κ2) is 7.13. The minimum Gasteiger partial charge on any atom is -0.368 e. The maximum absolute atomic E-state index is 13.5. The van der Waals surface area contributed by atoms with Gasteiger partial charge in [0.2, 0.25) is 11.9 Å². The molecule has 1 aromatic carbocycles. The number of nitrogen functional groups attached to an aromatic ring is 1. The number of hydrogen-bond acceptors (Lipinski definition) is 5. The number of likely N-dealkylation sites (tertiary alicyclic amines) is 1. The normalized spacial score (nSPS) is 23.0. The smallest absolute Gasteiger partial charge is 0.272 e. The predicted octanol–water partition coefficient (Wildman–Crippen LogP) is 3.09. The summed E-state index contributed by atoms with van der Waals surface area (Å²) in [4.78, 5) is 36.9. The number of nitrogens with zero attached hydrogens (tertiary/aromatic N) is 3. The van der Waals surface area contributed by atoms with E-state index in [0.717, 1.165) is 29.8 Å². The van der Waals surface area contributed by atoms with Crippen LogP contribution >= 0.6 is 0 Å². The fourth-order valence-electron chi connectivity index (χ4n) is 4.76. The first-order valence-corrected chi connectivity index (χ1v) is 10.2. The summed E-state index contributed by atoms with van der Waals surface area (Å²) >= 11 is 0. The van der Waals surface area contributed by atoms with E-state index >= 15 is 0 Å². The lowest BCUT2D eigenvalue weighted by Gasteiger charge is -2.33. The van der Waals surface area contributed by atoms with Crippen LogP contribution in [-0.2, 0) is 10.2 Å². The van der Waals surface area contributed by atoms with Gasteiger partial charge in [-0.15, -0.1) is 0 Å². The Labute approximate surface area is 170 Å². The van der Waals surface area contributed by atoms with E-state index in [9.17, 15) is 9.59 Å². The Morgan fingerprint density at radius 3 is 2.83 bits per heavy atom. The molecule has 29 heavy (non-hydrogen) atoms. The minimum atomic E-state index is -0.707. The summed E-state index contributed by atoms with van der Waals surface area (Å²) in [6.45, 7) is 6.58. The molecule has 2 aromatic rings. The molecular weight excluding hydrogens is 366 g/mol. The van der Waals surface area contributed by atoms with Gasteiger partial charge in [0.1, 0.15) is 5.69 Å². The molecule has 2 aliphatic rings. The lowest BCUT2D eigenvalue weighted by Crippen LogP contribution is -2.48. The topological polar surface area (TPSA) is 101 Å². The highest BCUT2D eigenvalue weighted by Crippen LogP contribution is 2.49. The molecule has 4 rings (SSSR count). The largest absolute Gasteiger partial charge is 0.368 e. The van der Waals surface area contributed by atoms with Gasteiger partial charge in [0, 0.05) is 17.9 Å². The lowest BCUT2D eigenvalue weighted by molar-refractivity contribution is -0.121. The molecule has 1 saturated heterocycles. The molecule has 1 spiro atoms. The Hall–Kier alpha value is -2.96. The van der Waals surface area contributed by atoms with Crippen LogP contribution in [0.2, 0.25) is 0 Å². The fourth-order valence-corrected chi connectivity index (χ4v) is 4.76. The van der Waals surface area contributed by atoms with Gasteiger partial charge in [-0.2, -0.15) is 0 Å². The predicted molar refractivity (Wildman–Crippen MR) is 112 cm³/mol. The van der Waals surface area contributed by atoms with Crippen molar-refractivity contribution in [2.75, 3.05) is 17.6 Å². The molecule has 7 nitrogen and oxygen atoms in total. The fraction of sp³-hybridized carbons (Fsp3) is 0.455. The molecule has 2 atom stereocenters. The number of fused-ring (bicyclic) bond motifs is 2. The van der Waals surface area contributed by atoms with Crippen molar-refractivity contribution in [3.05, 3.63) is 47.3 Å². The van der Waals surface area contributed by atoms with Crippen molar-refractivity contribution in [2.24, 2.45) is 0 Å². The van der Waals surface area contributed by atoms with Crippen LogP contribution in [0.4, 0.5) is 11.6 Å². The van der Waals surface area contributed by atoms with Crippen molar-refractivity contribution >= 4 is 23.5 Å². The SMILES string of the molecule is CCC[C@@H]1N(C(=O)c2cc(C(C)C)nc(N)n2)CC[C@]12C(=O)Nc1ccccc12. The maximum atomic E-state index is 13.5. The van der Waals surface area contributed by atoms with Crippen molar-refractivity contribution in [3.8, 4) is 0 Å². The highest BCUT2D eigenvalue weighted by atomic mass is 16.2. The molecule has 0 bridgehead atoms. The molecule has 7 heteroatoms. The molecule has 0 saturated carbocycles. The van der Waals surface area contributed by atoms with Crippen molar-refractivity contribution < 1.29 is 9.59 Å². The standard InChI is InChI=1S/C22H27N5O2/c1-4-7-18-22(14-8-5-6-9-15(14)24-20(22)29)10-11-27(18)19(28)17-12-16(13(2)3)25-21(23)26-17/h5-6,8-9,12-13,18H,4,7,10-11H2,1-3H3,(H,24,29)(H2,23,25,26)/t18-,22+/m0/s1. The molecule has 1 fully saturated rings. The molecule has 3 N–H and O–H groups in total. The summed E-state index contributed by atoms with van der Waals surface area (Å²) in [5.41, 5.74) is 8.04. The Balaban J connectivity index is 1.75. The van der Waals surface area contributed by atoms with E-state index in [2.05, 4.69) is 22.2 Å². The van der Waals surface area contributed by atoms with Crippen LogP contribution in [0.25, 0.3) is 0 Å². The van der Waals surface area contributed by atoms with Gasteiger partial charge in [-0.05, 0) is 36.5 Å². The van der Waals surface area contributed by atoms with E-state index in [0.29, 0.717) is 18.7 Å². The van der Waals surface area contributed by atoms with E-state index in [1.54, 1.807) is 6.07 Å². The van der Waals surface area contributed by atoms with Crippen molar-refractivity contribution in [1.82, 2.24) is 14.9 Å². The first-order chi connectivity index (χ1) is 13.9. The average Bonchev–Trinajstić information content (AvgIpc) is 3.21. The van der Waals surface area contributed by atoms with Gasteiger partial charge in [-0.3, -0.25) is 9.59 Å². The van der Waals surface area contributed by atoms with Crippen LogP contribution in [-0.4, -0.2) is 39.3 Å². The summed E-state index contributed by atoms with van der Waals surface area (Å²) in [7, 11) is 0. The van der Waals surface area contributed by atoms with E-state index in [1.165, 1.54) is 0 Å². The zero-order chi connectivity index (χ0) is 20.8. The zero-order valence-corrected chi connectivity index (χ0v) is 17.1. The number of para-hydroxylation sites is 1. The van der Waals surface area contributed by atoms with Gasteiger partial charge in [-0.25, -0.2) is 9.97 Å². The number of benzene rings is 1. The van der Waals surface area contributed by atoms with Crippen molar-refractivity contribution in [2.45, 2.75) is 57.4 Å².